The second-order valence-corrected chi connectivity index (χ2v) is 2.74. The van der Waals surface area contributed by atoms with Gasteiger partial charge in [0.25, 0.3) is 5.97 Å². The van der Waals surface area contributed by atoms with Crippen molar-refractivity contribution in [2.75, 3.05) is 6.54 Å². The molecule has 0 amide bonds. The van der Waals surface area contributed by atoms with Crippen molar-refractivity contribution in [1.82, 2.24) is 0 Å². The van der Waals surface area contributed by atoms with Gasteiger partial charge in [0.2, 0.25) is 0 Å². The summed E-state index contributed by atoms with van der Waals surface area (Å²) < 4.78 is 0. The number of aliphatic carboxylic acids is 1. The average Bonchev–Trinajstić information content (AvgIpc) is 2.39. The maximum Gasteiger partial charge on any atom is 0.300 e. The summed E-state index contributed by atoms with van der Waals surface area (Å²) in [6.45, 7) is 9.75. The maximum atomic E-state index is 9.00. The topological polar surface area (TPSA) is 49.7 Å². The third-order valence-corrected chi connectivity index (χ3v) is 1.08. The van der Waals surface area contributed by atoms with E-state index in [1.54, 1.807) is 0 Å². The molecular weight excluding hydrogens is 433 g/mol. The number of aliphatic imine (C=N–C) groups is 1. The van der Waals surface area contributed by atoms with E-state index in [4.69, 9.17) is 9.90 Å². The second kappa shape index (κ2) is 26.1. The number of hydrogen-bond acceptors (Lipinski definition) is 2. The van der Waals surface area contributed by atoms with Gasteiger partial charge in [-0.25, -0.2) is 0 Å². The van der Waals surface area contributed by atoms with Crippen molar-refractivity contribution < 1.29 is 108 Å². The van der Waals surface area contributed by atoms with E-state index in [1.807, 2.05) is 6.92 Å². The van der Waals surface area contributed by atoms with Crippen molar-refractivity contribution >= 4 is 11.7 Å². The van der Waals surface area contributed by atoms with Gasteiger partial charge in [0.1, 0.15) is 0 Å². The van der Waals surface area contributed by atoms with Crippen LogP contribution in [0.2, 0.25) is 0 Å². The largest absolute Gasteiger partial charge is 0.481 e. The van der Waals surface area contributed by atoms with E-state index in [0.717, 1.165) is 19.9 Å². The molecule has 87 valence electrons. The van der Waals surface area contributed by atoms with Crippen molar-refractivity contribution in [2.45, 2.75) is 40.0 Å². The second-order valence-electron chi connectivity index (χ2n) is 2.74. The molecule has 0 unspecified atom stereocenters. The minimum absolute atomic E-state index is 0. The fourth-order valence-electron chi connectivity index (χ4n) is 0.684. The van der Waals surface area contributed by atoms with E-state index in [1.165, 1.54) is 18.6 Å². The average molecular weight is 453 g/mol. The smallest absolute Gasteiger partial charge is 0.300 e. The number of hydrogen-bond donors (Lipinski definition) is 1. The van der Waals surface area contributed by atoms with Gasteiger partial charge < -0.3 is 12.0 Å². The zero-order chi connectivity index (χ0) is 10.7. The van der Waals surface area contributed by atoms with Gasteiger partial charge >= 0.3 is 0 Å². The molecule has 1 N–H and O–H groups in total. The van der Waals surface area contributed by atoms with Crippen LogP contribution in [0.1, 0.15) is 40.0 Å². The summed E-state index contributed by atoms with van der Waals surface area (Å²) >= 11 is 0. The summed E-state index contributed by atoms with van der Waals surface area (Å²) in [7, 11) is 0. The minimum Gasteiger partial charge on any atom is -0.481 e. The molecule has 0 bridgehead atoms. The maximum absolute atomic E-state index is 9.00. The Balaban J connectivity index is -0.0000000368. The number of carboxylic acids is 1. The van der Waals surface area contributed by atoms with Crippen LogP contribution in [-0.4, -0.2) is 23.3 Å². The number of carbonyl (C=O) groups is 1. The molecule has 1 aliphatic rings. The monoisotopic (exact) mass is 453 g/mol. The van der Waals surface area contributed by atoms with Gasteiger partial charge in [-0.1, -0.05) is 6.92 Å². The third kappa shape index (κ3) is 44.0. The minimum atomic E-state index is -0.833. The molecule has 0 aliphatic carbocycles. The van der Waals surface area contributed by atoms with Gasteiger partial charge in [0.15, 0.2) is 0 Å². The predicted octanol–water partition coefficient (Wildman–Crippen LogP) is 2.55. The molecule has 1 rings (SSSR count). The van der Waals surface area contributed by atoms with Gasteiger partial charge in [-0.2, -0.15) is 6.42 Å². The van der Waals surface area contributed by atoms with Crippen LogP contribution in [0, 0.1) is 6.92 Å². The summed E-state index contributed by atoms with van der Waals surface area (Å²) in [6, 6.07) is 0. The van der Waals surface area contributed by atoms with E-state index < -0.39 is 5.97 Å². The Morgan fingerprint density at radius 2 is 1.75 bits per heavy atom. The molecule has 0 spiro atoms. The molecule has 3 radical (unpaired) electrons. The first kappa shape index (κ1) is 31.1. The Morgan fingerprint density at radius 1 is 1.44 bits per heavy atom. The molecule has 0 aromatic rings. The van der Waals surface area contributed by atoms with Crippen molar-refractivity contribution in [3.05, 3.63) is 6.92 Å². The first-order chi connectivity index (χ1) is 6.04. The fourth-order valence-corrected chi connectivity index (χ4v) is 0.684. The first-order valence-corrected chi connectivity index (χ1v) is 4.53. The fraction of sp³-hybridized carbons (Fsp3) is 0.700. The van der Waals surface area contributed by atoms with Crippen molar-refractivity contribution in [2.24, 2.45) is 4.99 Å². The van der Waals surface area contributed by atoms with Gasteiger partial charge in [0, 0.05) is 117 Å². The summed E-state index contributed by atoms with van der Waals surface area (Å²) in [5, 5.41) is 7.42. The predicted molar refractivity (Wildman–Crippen MR) is 56.2 cm³/mol. The van der Waals surface area contributed by atoms with Crippen LogP contribution in [0.5, 0.6) is 0 Å². The summed E-state index contributed by atoms with van der Waals surface area (Å²) in [4.78, 5) is 13.2. The summed E-state index contributed by atoms with van der Waals surface area (Å²) in [6.07, 6.45) is 3.52. The zero-order valence-corrected chi connectivity index (χ0v) is 19.1. The normalized spacial score (nSPS) is 10.6. The van der Waals surface area contributed by atoms with E-state index in [-0.39, 0.29) is 98.1 Å². The SMILES string of the molecule is CC(=O)O.CC1=NCCC1.[CH2-]CC.[Y].[Y].[Y]. The number of carboxylic acid groups (broad SMARTS) is 1. The molecule has 3 nitrogen and oxygen atoms in total. The van der Waals surface area contributed by atoms with Crippen LogP contribution in [0.15, 0.2) is 4.99 Å². The van der Waals surface area contributed by atoms with Crippen LogP contribution in [-0.2, 0) is 103 Å². The van der Waals surface area contributed by atoms with E-state index in [9.17, 15) is 0 Å². The van der Waals surface area contributed by atoms with E-state index >= 15 is 0 Å². The van der Waals surface area contributed by atoms with Crippen molar-refractivity contribution in [3.63, 3.8) is 0 Å². The Morgan fingerprint density at radius 3 is 1.81 bits per heavy atom. The first-order valence-electron chi connectivity index (χ1n) is 4.53. The standard InChI is InChI=1S/C5H9N.C3H7.C2H4O2.3Y/c1-5-3-2-4-6-5;1-3-2;1-2(3)4;;;/h2-4H2,1H3;1,3H2,2H3;1H3,(H,3,4);;;/q;-1;;;;. The Hall–Kier alpha value is 2.45. The molecule has 0 aromatic carbocycles. The third-order valence-electron chi connectivity index (χ3n) is 1.08. The summed E-state index contributed by atoms with van der Waals surface area (Å²) in [5.74, 6) is -0.833. The van der Waals surface area contributed by atoms with Crippen molar-refractivity contribution in [1.29, 1.82) is 0 Å². The molecule has 1 aliphatic heterocycles. The molecule has 0 saturated carbocycles. The van der Waals surface area contributed by atoms with E-state index in [0.29, 0.717) is 0 Å². The zero-order valence-electron chi connectivity index (χ0n) is 10.6. The number of nitrogens with zero attached hydrogens (tertiary/aromatic N) is 1. The molecular formula is C10H20NO2Y3-. The summed E-state index contributed by atoms with van der Waals surface area (Å²) in [5.41, 5.74) is 1.33. The number of rotatable bonds is 0. The van der Waals surface area contributed by atoms with Gasteiger partial charge in [-0.15, -0.1) is 0 Å². The Labute approximate surface area is 175 Å². The van der Waals surface area contributed by atoms with Gasteiger partial charge in [-0.3, -0.25) is 9.79 Å². The Bertz CT molecular complexity index is 160. The molecule has 0 fully saturated rings. The van der Waals surface area contributed by atoms with Crippen LogP contribution in [0.4, 0.5) is 0 Å². The van der Waals surface area contributed by atoms with Crippen LogP contribution < -0.4 is 0 Å². The quantitative estimate of drug-likeness (QED) is 0.574. The molecule has 16 heavy (non-hydrogen) atoms. The van der Waals surface area contributed by atoms with Gasteiger partial charge in [-0.05, 0) is 19.8 Å². The molecule has 0 aromatic heterocycles. The molecule has 0 saturated heterocycles. The van der Waals surface area contributed by atoms with Crippen molar-refractivity contribution in [3.8, 4) is 0 Å². The van der Waals surface area contributed by atoms with Gasteiger partial charge in [0.05, 0.1) is 0 Å². The molecule has 6 heteroatoms. The van der Waals surface area contributed by atoms with Crippen LogP contribution in [0.25, 0.3) is 0 Å². The van der Waals surface area contributed by atoms with Crippen LogP contribution in [0.3, 0.4) is 0 Å². The van der Waals surface area contributed by atoms with E-state index in [2.05, 4.69) is 18.8 Å². The molecule has 0 atom stereocenters. The Kier molecular flexibility index (Phi) is 50.7. The molecule has 1 heterocycles. The van der Waals surface area contributed by atoms with Crippen LogP contribution >= 0.6 is 0 Å².